The molecular formula is C10H11Cl2N3O3. The highest BCUT2D eigenvalue weighted by molar-refractivity contribution is 6.42. The standard InChI is InChI=1S/C10H11Cl2N3O3/c11-5-1-2-6-4(7(5)12)3-13-10(14-6)15-8(16)9(17)18/h1-2,8-9,16-18H,3H2,(H2,13,14,15). The fourth-order valence-corrected chi connectivity index (χ4v) is 1.89. The molecule has 0 aromatic heterocycles. The number of hydrogen-bond donors (Lipinski definition) is 5. The molecule has 1 aromatic rings. The molecule has 6 nitrogen and oxygen atoms in total. The number of benzene rings is 1. The Bertz CT molecular complexity index is 494. The van der Waals surface area contributed by atoms with Gasteiger partial charge in [-0.1, -0.05) is 23.2 Å². The summed E-state index contributed by atoms with van der Waals surface area (Å²) >= 11 is 11.9. The summed E-state index contributed by atoms with van der Waals surface area (Å²) in [5.74, 6) is 0.224. The molecule has 98 valence electrons. The Morgan fingerprint density at radius 1 is 1.28 bits per heavy atom. The lowest BCUT2D eigenvalue weighted by atomic mass is 10.1. The third-order valence-electron chi connectivity index (χ3n) is 2.41. The Labute approximate surface area is 113 Å². The monoisotopic (exact) mass is 291 g/mol. The van der Waals surface area contributed by atoms with Crippen LogP contribution >= 0.6 is 23.2 Å². The molecule has 1 heterocycles. The average molecular weight is 292 g/mol. The van der Waals surface area contributed by atoms with Crippen LogP contribution in [0.1, 0.15) is 5.56 Å². The summed E-state index contributed by atoms with van der Waals surface area (Å²) in [5.41, 5.74) is 1.44. The van der Waals surface area contributed by atoms with Gasteiger partial charge in [0.05, 0.1) is 16.6 Å². The van der Waals surface area contributed by atoms with E-state index in [0.717, 1.165) is 5.56 Å². The van der Waals surface area contributed by atoms with E-state index in [2.05, 4.69) is 15.6 Å². The molecule has 0 fully saturated rings. The summed E-state index contributed by atoms with van der Waals surface area (Å²) < 4.78 is 0. The molecule has 8 heteroatoms. The summed E-state index contributed by atoms with van der Waals surface area (Å²) in [4.78, 5) is 4.06. The molecule has 5 N–H and O–H groups in total. The first-order valence-electron chi connectivity index (χ1n) is 5.08. The Morgan fingerprint density at radius 2 is 2.00 bits per heavy atom. The lowest BCUT2D eigenvalue weighted by molar-refractivity contribution is -0.126. The van der Waals surface area contributed by atoms with Crippen molar-refractivity contribution in [2.75, 3.05) is 5.32 Å². The van der Waals surface area contributed by atoms with Crippen molar-refractivity contribution in [2.24, 2.45) is 4.99 Å². The minimum absolute atomic E-state index is 0.224. The van der Waals surface area contributed by atoms with Gasteiger partial charge in [0.25, 0.3) is 0 Å². The number of nitrogens with one attached hydrogen (secondary N) is 2. The summed E-state index contributed by atoms with van der Waals surface area (Å²) in [7, 11) is 0. The average Bonchev–Trinajstić information content (AvgIpc) is 2.34. The Balaban J connectivity index is 2.15. The first-order valence-corrected chi connectivity index (χ1v) is 5.83. The second-order valence-corrected chi connectivity index (χ2v) is 4.47. The minimum atomic E-state index is -1.90. The summed E-state index contributed by atoms with van der Waals surface area (Å²) in [6.07, 6.45) is -3.43. The third-order valence-corrected chi connectivity index (χ3v) is 3.25. The lowest BCUT2D eigenvalue weighted by Gasteiger charge is -2.23. The number of hydrogen-bond acceptors (Lipinski definition) is 6. The number of rotatable bonds is 2. The number of guanidine groups is 1. The van der Waals surface area contributed by atoms with Crippen LogP contribution in [0.5, 0.6) is 0 Å². The summed E-state index contributed by atoms with van der Waals surface area (Å²) in [6.45, 7) is 0.276. The quantitative estimate of drug-likeness (QED) is 0.511. The highest BCUT2D eigenvalue weighted by Crippen LogP contribution is 2.33. The van der Waals surface area contributed by atoms with Crippen LogP contribution in [0.15, 0.2) is 17.1 Å². The zero-order valence-electron chi connectivity index (χ0n) is 9.06. The Hall–Kier alpha value is -1.05. The molecule has 1 atom stereocenters. The third kappa shape index (κ3) is 2.68. The van der Waals surface area contributed by atoms with Crippen LogP contribution in [0.2, 0.25) is 10.0 Å². The van der Waals surface area contributed by atoms with Crippen molar-refractivity contribution in [3.8, 4) is 0 Å². The fourth-order valence-electron chi connectivity index (χ4n) is 1.49. The second-order valence-electron chi connectivity index (χ2n) is 3.68. The van der Waals surface area contributed by atoms with Crippen molar-refractivity contribution in [3.05, 3.63) is 27.7 Å². The lowest BCUT2D eigenvalue weighted by Crippen LogP contribution is -2.46. The summed E-state index contributed by atoms with van der Waals surface area (Å²) in [6, 6.07) is 3.36. The van der Waals surface area contributed by atoms with E-state index in [1.165, 1.54) is 0 Å². The number of aliphatic hydroxyl groups excluding tert-OH is 2. The maximum absolute atomic E-state index is 9.25. The van der Waals surface area contributed by atoms with E-state index in [4.69, 9.17) is 33.4 Å². The van der Waals surface area contributed by atoms with Gasteiger partial charge >= 0.3 is 0 Å². The molecular weight excluding hydrogens is 281 g/mol. The summed E-state index contributed by atoms with van der Waals surface area (Å²) in [5, 5.41) is 32.9. The van der Waals surface area contributed by atoms with E-state index in [0.29, 0.717) is 15.7 Å². The van der Waals surface area contributed by atoms with Crippen molar-refractivity contribution >= 4 is 34.8 Å². The molecule has 1 aliphatic heterocycles. The van der Waals surface area contributed by atoms with Crippen molar-refractivity contribution in [1.29, 1.82) is 0 Å². The molecule has 0 saturated heterocycles. The van der Waals surface area contributed by atoms with E-state index < -0.39 is 12.5 Å². The number of fused-ring (bicyclic) bond motifs is 1. The molecule has 2 rings (SSSR count). The SMILES string of the molecule is OC(O)C(O)NC1=NCc2c(ccc(Cl)c2Cl)N1. The van der Waals surface area contributed by atoms with Gasteiger partial charge in [-0.05, 0) is 12.1 Å². The molecule has 1 unspecified atom stereocenters. The smallest absolute Gasteiger partial charge is 0.198 e. The molecule has 18 heavy (non-hydrogen) atoms. The molecule has 0 aliphatic carbocycles. The van der Waals surface area contributed by atoms with E-state index in [1.807, 2.05) is 0 Å². The van der Waals surface area contributed by atoms with Crippen LogP contribution in [0.25, 0.3) is 0 Å². The minimum Gasteiger partial charge on any atom is -0.369 e. The van der Waals surface area contributed by atoms with E-state index in [1.54, 1.807) is 12.1 Å². The van der Waals surface area contributed by atoms with E-state index in [-0.39, 0.29) is 12.5 Å². The van der Waals surface area contributed by atoms with Gasteiger partial charge in [0.1, 0.15) is 0 Å². The van der Waals surface area contributed by atoms with Gasteiger partial charge < -0.3 is 26.0 Å². The Morgan fingerprint density at radius 3 is 2.67 bits per heavy atom. The molecule has 1 aliphatic rings. The van der Waals surface area contributed by atoms with Crippen molar-refractivity contribution < 1.29 is 15.3 Å². The molecule has 0 amide bonds. The van der Waals surface area contributed by atoms with E-state index in [9.17, 15) is 5.11 Å². The highest BCUT2D eigenvalue weighted by atomic mass is 35.5. The van der Waals surface area contributed by atoms with Crippen LogP contribution in [-0.2, 0) is 6.54 Å². The normalized spacial score (nSPS) is 15.8. The molecule has 1 aromatic carbocycles. The zero-order chi connectivity index (χ0) is 13.3. The second kappa shape index (κ2) is 5.29. The first kappa shape index (κ1) is 13.4. The van der Waals surface area contributed by atoms with Crippen LogP contribution in [0.3, 0.4) is 0 Å². The Kier molecular flexibility index (Phi) is 3.94. The maximum Gasteiger partial charge on any atom is 0.198 e. The zero-order valence-corrected chi connectivity index (χ0v) is 10.6. The van der Waals surface area contributed by atoms with Gasteiger partial charge in [-0.3, -0.25) is 0 Å². The van der Waals surface area contributed by atoms with Gasteiger partial charge in [0, 0.05) is 11.3 Å². The highest BCUT2D eigenvalue weighted by Gasteiger charge is 2.19. The number of nitrogens with zero attached hydrogens (tertiary/aromatic N) is 1. The molecule has 0 radical (unpaired) electrons. The van der Waals surface area contributed by atoms with Crippen LogP contribution in [-0.4, -0.2) is 33.8 Å². The first-order chi connectivity index (χ1) is 8.49. The number of halogens is 2. The predicted molar refractivity (Wildman–Crippen MR) is 68.6 cm³/mol. The number of aliphatic imine (C=N–C) groups is 1. The van der Waals surface area contributed by atoms with Gasteiger partial charge in [-0.2, -0.15) is 0 Å². The van der Waals surface area contributed by atoms with Gasteiger partial charge in [-0.25, -0.2) is 4.99 Å². The van der Waals surface area contributed by atoms with Crippen LogP contribution in [0.4, 0.5) is 5.69 Å². The van der Waals surface area contributed by atoms with Crippen LogP contribution < -0.4 is 10.6 Å². The van der Waals surface area contributed by atoms with Crippen LogP contribution in [0, 0.1) is 0 Å². The van der Waals surface area contributed by atoms with Gasteiger partial charge in [0.2, 0.25) is 0 Å². The van der Waals surface area contributed by atoms with Crippen molar-refractivity contribution in [2.45, 2.75) is 19.1 Å². The van der Waals surface area contributed by atoms with Gasteiger partial charge in [0.15, 0.2) is 18.5 Å². The van der Waals surface area contributed by atoms with E-state index >= 15 is 0 Å². The maximum atomic E-state index is 9.25. The predicted octanol–water partition coefficient (Wildman–Crippen LogP) is 0.494. The molecule has 0 saturated carbocycles. The van der Waals surface area contributed by atoms with Gasteiger partial charge in [-0.15, -0.1) is 0 Å². The molecule has 0 bridgehead atoms. The van der Waals surface area contributed by atoms with Crippen molar-refractivity contribution in [3.63, 3.8) is 0 Å². The molecule has 0 spiro atoms. The number of anilines is 1. The van der Waals surface area contributed by atoms with Crippen molar-refractivity contribution in [1.82, 2.24) is 5.32 Å². The number of aliphatic hydroxyl groups is 3. The fraction of sp³-hybridized carbons (Fsp3) is 0.300. The topological polar surface area (TPSA) is 97.1 Å². The largest absolute Gasteiger partial charge is 0.369 e.